The van der Waals surface area contributed by atoms with E-state index in [4.69, 9.17) is 17.3 Å². The van der Waals surface area contributed by atoms with Gasteiger partial charge in [-0.2, -0.15) is 0 Å². The highest BCUT2D eigenvalue weighted by Gasteiger charge is 2.04. The van der Waals surface area contributed by atoms with Crippen molar-refractivity contribution in [2.45, 2.75) is 25.2 Å². The first-order valence-corrected chi connectivity index (χ1v) is 6.17. The number of nitrogen functional groups attached to an aromatic ring is 1. The van der Waals surface area contributed by atoms with Crippen LogP contribution >= 0.6 is 23.4 Å². The minimum atomic E-state index is 0.725. The monoisotopic (exact) mass is 229 g/mol. The second kappa shape index (κ2) is 5.52. The van der Waals surface area contributed by atoms with Crippen LogP contribution in [0.1, 0.15) is 20.3 Å². The van der Waals surface area contributed by atoms with E-state index in [9.17, 15) is 0 Å². The molecule has 0 fully saturated rings. The Kier molecular flexibility index (Phi) is 4.63. The Morgan fingerprint density at radius 1 is 1.50 bits per heavy atom. The summed E-state index contributed by atoms with van der Waals surface area (Å²) in [6, 6.07) is 5.69. The third-order valence-electron chi connectivity index (χ3n) is 2.18. The molecule has 1 nitrogen and oxygen atoms in total. The van der Waals surface area contributed by atoms with Gasteiger partial charge in [-0.1, -0.05) is 31.9 Å². The number of rotatable bonds is 4. The number of nitrogens with two attached hydrogens (primary N) is 1. The van der Waals surface area contributed by atoms with Gasteiger partial charge < -0.3 is 5.73 Å². The zero-order valence-electron chi connectivity index (χ0n) is 8.59. The molecule has 0 aliphatic rings. The van der Waals surface area contributed by atoms with Crippen LogP contribution in [0.5, 0.6) is 0 Å². The average Bonchev–Trinajstić information content (AvgIpc) is 2.16. The molecule has 0 saturated heterocycles. The molecule has 2 N–H and O–H groups in total. The fraction of sp³-hybridized carbons (Fsp3) is 0.455. The lowest BCUT2D eigenvalue weighted by Gasteiger charge is -2.09. The van der Waals surface area contributed by atoms with Crippen molar-refractivity contribution in [2.24, 2.45) is 5.92 Å². The maximum atomic E-state index is 6.06. The number of anilines is 1. The zero-order valence-corrected chi connectivity index (χ0v) is 10.2. The number of hydrogen-bond donors (Lipinski definition) is 1. The van der Waals surface area contributed by atoms with Crippen molar-refractivity contribution in [3.8, 4) is 0 Å². The van der Waals surface area contributed by atoms with Crippen LogP contribution in [0.15, 0.2) is 23.1 Å². The van der Waals surface area contributed by atoms with Crippen LogP contribution in [-0.2, 0) is 0 Å². The summed E-state index contributed by atoms with van der Waals surface area (Å²) < 4.78 is 0. The molecule has 1 aromatic rings. The molecule has 0 saturated carbocycles. The first-order chi connectivity index (χ1) is 6.63. The summed E-state index contributed by atoms with van der Waals surface area (Å²) in [5.74, 6) is 1.84. The van der Waals surface area contributed by atoms with Gasteiger partial charge in [-0.25, -0.2) is 0 Å². The predicted molar refractivity (Wildman–Crippen MR) is 66.0 cm³/mol. The van der Waals surface area contributed by atoms with Crippen LogP contribution in [-0.4, -0.2) is 5.75 Å². The maximum Gasteiger partial charge on any atom is 0.0562 e. The van der Waals surface area contributed by atoms with Gasteiger partial charge in [0.05, 0.1) is 5.02 Å². The van der Waals surface area contributed by atoms with Gasteiger partial charge >= 0.3 is 0 Å². The Morgan fingerprint density at radius 3 is 2.79 bits per heavy atom. The van der Waals surface area contributed by atoms with E-state index < -0.39 is 0 Å². The molecular formula is C11H16ClNS. The fourth-order valence-electron chi connectivity index (χ4n) is 0.984. The van der Waals surface area contributed by atoms with Crippen molar-refractivity contribution >= 4 is 29.1 Å². The highest BCUT2D eigenvalue weighted by Crippen LogP contribution is 2.30. The van der Waals surface area contributed by atoms with E-state index in [0.717, 1.165) is 27.3 Å². The third-order valence-corrected chi connectivity index (χ3v) is 4.00. The molecule has 1 rings (SSSR count). The molecule has 0 aliphatic heterocycles. The lowest BCUT2D eigenvalue weighted by molar-refractivity contribution is 0.637. The molecule has 1 unspecified atom stereocenters. The Morgan fingerprint density at radius 2 is 2.21 bits per heavy atom. The number of benzene rings is 1. The Bertz CT molecular complexity index is 301. The van der Waals surface area contributed by atoms with E-state index in [-0.39, 0.29) is 0 Å². The second-order valence-electron chi connectivity index (χ2n) is 3.51. The van der Waals surface area contributed by atoms with Crippen molar-refractivity contribution in [3.63, 3.8) is 0 Å². The molecule has 3 heteroatoms. The molecule has 0 radical (unpaired) electrons. The largest absolute Gasteiger partial charge is 0.399 e. The average molecular weight is 230 g/mol. The van der Waals surface area contributed by atoms with Crippen molar-refractivity contribution in [1.82, 2.24) is 0 Å². The van der Waals surface area contributed by atoms with E-state index >= 15 is 0 Å². The van der Waals surface area contributed by atoms with E-state index in [1.807, 2.05) is 12.1 Å². The van der Waals surface area contributed by atoms with E-state index in [2.05, 4.69) is 13.8 Å². The molecule has 78 valence electrons. The van der Waals surface area contributed by atoms with Crippen molar-refractivity contribution in [3.05, 3.63) is 23.2 Å². The zero-order chi connectivity index (χ0) is 10.6. The summed E-state index contributed by atoms with van der Waals surface area (Å²) in [7, 11) is 0. The SMILES string of the molecule is CCC(C)CSc1ccc(N)cc1Cl. The third kappa shape index (κ3) is 3.43. The summed E-state index contributed by atoms with van der Waals surface area (Å²) in [6.07, 6.45) is 1.21. The summed E-state index contributed by atoms with van der Waals surface area (Å²) in [5, 5.41) is 0.762. The van der Waals surface area contributed by atoms with Gasteiger partial charge in [0.1, 0.15) is 0 Å². The fourth-order valence-corrected chi connectivity index (χ4v) is 2.40. The van der Waals surface area contributed by atoms with E-state index in [1.165, 1.54) is 6.42 Å². The van der Waals surface area contributed by atoms with Crippen LogP contribution in [0, 0.1) is 5.92 Å². The smallest absolute Gasteiger partial charge is 0.0562 e. The highest BCUT2D eigenvalue weighted by atomic mass is 35.5. The quantitative estimate of drug-likeness (QED) is 0.623. The standard InChI is InChI=1S/C11H16ClNS/c1-3-8(2)7-14-11-5-4-9(13)6-10(11)12/h4-6,8H,3,7,13H2,1-2H3. The summed E-state index contributed by atoms with van der Waals surface area (Å²) >= 11 is 7.86. The van der Waals surface area contributed by atoms with Crippen molar-refractivity contribution in [2.75, 3.05) is 11.5 Å². The van der Waals surface area contributed by atoms with Crippen molar-refractivity contribution in [1.29, 1.82) is 0 Å². The molecule has 1 aromatic carbocycles. The van der Waals surface area contributed by atoms with Crippen molar-refractivity contribution < 1.29 is 0 Å². The van der Waals surface area contributed by atoms with Crippen LogP contribution in [0.2, 0.25) is 5.02 Å². The number of thioether (sulfide) groups is 1. The first kappa shape index (κ1) is 11.7. The molecule has 14 heavy (non-hydrogen) atoms. The predicted octanol–water partition coefficient (Wildman–Crippen LogP) is 4.06. The molecule has 0 aromatic heterocycles. The second-order valence-corrected chi connectivity index (χ2v) is 4.98. The number of hydrogen-bond acceptors (Lipinski definition) is 2. The summed E-state index contributed by atoms with van der Waals surface area (Å²) in [5.41, 5.74) is 6.34. The van der Waals surface area contributed by atoms with Crippen LogP contribution < -0.4 is 5.73 Å². The lowest BCUT2D eigenvalue weighted by Crippen LogP contribution is -1.95. The van der Waals surface area contributed by atoms with Gasteiger partial charge in [-0.05, 0) is 24.1 Å². The molecule has 1 atom stereocenters. The lowest BCUT2D eigenvalue weighted by atomic mass is 10.2. The molecule has 0 heterocycles. The van der Waals surface area contributed by atoms with Crippen LogP contribution in [0.25, 0.3) is 0 Å². The molecule has 0 bridgehead atoms. The van der Waals surface area contributed by atoms with Gasteiger partial charge in [-0.3, -0.25) is 0 Å². The minimum absolute atomic E-state index is 0.725. The highest BCUT2D eigenvalue weighted by molar-refractivity contribution is 7.99. The topological polar surface area (TPSA) is 26.0 Å². The first-order valence-electron chi connectivity index (χ1n) is 4.81. The normalized spacial score (nSPS) is 12.8. The Hall–Kier alpha value is -0.340. The Labute approximate surface area is 95.0 Å². The molecule has 0 spiro atoms. The molecular weight excluding hydrogens is 214 g/mol. The molecule has 0 amide bonds. The van der Waals surface area contributed by atoms with Crippen LogP contribution in [0.3, 0.4) is 0 Å². The van der Waals surface area contributed by atoms with E-state index in [1.54, 1.807) is 17.8 Å². The Balaban J connectivity index is 2.59. The van der Waals surface area contributed by atoms with Gasteiger partial charge in [-0.15, -0.1) is 11.8 Å². The molecule has 0 aliphatic carbocycles. The van der Waals surface area contributed by atoms with Gasteiger partial charge in [0, 0.05) is 16.3 Å². The van der Waals surface area contributed by atoms with Gasteiger partial charge in [0.25, 0.3) is 0 Å². The van der Waals surface area contributed by atoms with Crippen LogP contribution in [0.4, 0.5) is 5.69 Å². The summed E-state index contributed by atoms with van der Waals surface area (Å²) in [4.78, 5) is 1.13. The number of halogens is 1. The summed E-state index contributed by atoms with van der Waals surface area (Å²) in [6.45, 7) is 4.45. The van der Waals surface area contributed by atoms with Gasteiger partial charge in [0.15, 0.2) is 0 Å². The maximum absolute atomic E-state index is 6.06. The minimum Gasteiger partial charge on any atom is -0.399 e. The van der Waals surface area contributed by atoms with Gasteiger partial charge in [0.2, 0.25) is 0 Å². The van der Waals surface area contributed by atoms with E-state index in [0.29, 0.717) is 0 Å².